The third-order valence-electron chi connectivity index (χ3n) is 3.68. The summed E-state index contributed by atoms with van der Waals surface area (Å²) < 4.78 is 5.97. The molecule has 1 aliphatic heterocycles. The number of carbonyl (C=O) groups is 1. The van der Waals surface area contributed by atoms with Gasteiger partial charge in [0.2, 0.25) is 0 Å². The number of fused-ring (bicyclic) bond motifs is 1. The molecule has 0 bridgehead atoms. The molecule has 0 spiro atoms. The fourth-order valence-corrected chi connectivity index (χ4v) is 2.10. The van der Waals surface area contributed by atoms with E-state index in [1.807, 2.05) is 32.1 Å². The van der Waals surface area contributed by atoms with E-state index in [4.69, 9.17) is 4.74 Å². The molecule has 19 heavy (non-hydrogen) atoms. The van der Waals surface area contributed by atoms with Crippen molar-refractivity contribution in [3.8, 4) is 5.75 Å². The molecule has 0 saturated heterocycles. The maximum absolute atomic E-state index is 11.1. The topological polar surface area (TPSA) is 29.5 Å². The van der Waals surface area contributed by atoms with E-state index in [-0.39, 0.29) is 0 Å². The Kier molecular flexibility index (Phi) is 3.40. The molecule has 1 aromatic carbocycles. The fraction of sp³-hybridized carbons (Fsp3) is 0.438. The molecule has 102 valence electrons. The van der Waals surface area contributed by atoms with Crippen molar-refractivity contribution in [2.24, 2.45) is 0 Å². The highest BCUT2D eigenvalue weighted by Gasteiger charge is 2.30. The highest BCUT2D eigenvalue weighted by Crippen LogP contribution is 2.37. The summed E-state index contributed by atoms with van der Waals surface area (Å²) in [7, 11) is 2.06. The Morgan fingerprint density at radius 3 is 2.58 bits per heavy atom. The maximum Gasteiger partial charge on any atom is 0.150 e. The molecule has 2 rings (SSSR count). The smallest absolute Gasteiger partial charge is 0.150 e. The van der Waals surface area contributed by atoms with E-state index in [1.54, 1.807) is 0 Å². The Morgan fingerprint density at radius 1 is 1.32 bits per heavy atom. The Hall–Kier alpha value is -1.77. The number of hydrogen-bond donors (Lipinski definition) is 0. The van der Waals surface area contributed by atoms with E-state index in [0.717, 1.165) is 23.3 Å². The molecule has 0 saturated carbocycles. The summed E-state index contributed by atoms with van der Waals surface area (Å²) in [4.78, 5) is 13.3. The summed E-state index contributed by atoms with van der Waals surface area (Å²) in [6, 6.07) is 6.52. The molecule has 0 fully saturated rings. The van der Waals surface area contributed by atoms with Gasteiger partial charge >= 0.3 is 0 Å². The first-order valence-corrected chi connectivity index (χ1v) is 6.58. The fourth-order valence-electron chi connectivity index (χ4n) is 2.10. The van der Waals surface area contributed by atoms with Crippen LogP contribution in [0, 0.1) is 0 Å². The van der Waals surface area contributed by atoms with Gasteiger partial charge in [-0.3, -0.25) is 4.79 Å². The van der Waals surface area contributed by atoms with Crippen LogP contribution in [-0.4, -0.2) is 25.0 Å². The minimum atomic E-state index is -0.566. The molecule has 0 atom stereocenters. The Bertz CT molecular complexity index is 530. The zero-order valence-electron chi connectivity index (χ0n) is 12.2. The maximum atomic E-state index is 11.1. The van der Waals surface area contributed by atoms with Gasteiger partial charge in [-0.05, 0) is 45.9 Å². The lowest BCUT2D eigenvalue weighted by molar-refractivity contribution is -0.106. The monoisotopic (exact) mass is 259 g/mol. The lowest BCUT2D eigenvalue weighted by Crippen LogP contribution is -2.34. The van der Waals surface area contributed by atoms with Gasteiger partial charge < -0.3 is 9.64 Å². The highest BCUT2D eigenvalue weighted by atomic mass is 16.5. The van der Waals surface area contributed by atoms with Gasteiger partial charge in [0.05, 0.1) is 0 Å². The van der Waals surface area contributed by atoms with Gasteiger partial charge in [-0.15, -0.1) is 0 Å². The average Bonchev–Trinajstić information content (AvgIpc) is 2.35. The minimum Gasteiger partial charge on any atom is -0.482 e. The van der Waals surface area contributed by atoms with Crippen LogP contribution in [0.5, 0.6) is 5.75 Å². The second-order valence-corrected chi connectivity index (χ2v) is 5.76. The molecule has 1 aromatic rings. The summed E-state index contributed by atoms with van der Waals surface area (Å²) in [5.41, 5.74) is 2.18. The van der Waals surface area contributed by atoms with Crippen molar-refractivity contribution in [3.63, 3.8) is 0 Å². The third-order valence-corrected chi connectivity index (χ3v) is 3.68. The predicted octanol–water partition coefficient (Wildman–Crippen LogP) is 3.28. The number of aldehydes is 1. The van der Waals surface area contributed by atoms with Crippen molar-refractivity contribution in [1.82, 2.24) is 0 Å². The summed E-state index contributed by atoms with van der Waals surface area (Å²) >= 11 is 0. The first-order valence-electron chi connectivity index (χ1n) is 6.58. The quantitative estimate of drug-likeness (QED) is 0.780. The number of anilines is 1. The van der Waals surface area contributed by atoms with Crippen molar-refractivity contribution >= 4 is 18.0 Å². The third kappa shape index (κ3) is 2.50. The van der Waals surface area contributed by atoms with Gasteiger partial charge in [-0.25, -0.2) is 0 Å². The van der Waals surface area contributed by atoms with E-state index >= 15 is 0 Å². The molecule has 3 nitrogen and oxygen atoms in total. The predicted molar refractivity (Wildman–Crippen MR) is 78.7 cm³/mol. The van der Waals surface area contributed by atoms with Crippen molar-refractivity contribution in [2.75, 3.05) is 11.9 Å². The first kappa shape index (κ1) is 13.7. The van der Waals surface area contributed by atoms with E-state index in [9.17, 15) is 4.79 Å². The molecule has 1 heterocycles. The van der Waals surface area contributed by atoms with Crippen molar-refractivity contribution in [3.05, 3.63) is 29.3 Å². The summed E-state index contributed by atoms with van der Waals surface area (Å²) in [5.74, 6) is 0.834. The Balaban J connectivity index is 2.44. The zero-order valence-corrected chi connectivity index (χ0v) is 12.2. The van der Waals surface area contributed by atoms with Crippen LogP contribution in [0.4, 0.5) is 5.69 Å². The second-order valence-electron chi connectivity index (χ2n) is 5.76. The van der Waals surface area contributed by atoms with Gasteiger partial charge in [-0.1, -0.05) is 0 Å². The van der Waals surface area contributed by atoms with Crippen LogP contribution in [-0.2, 0) is 4.79 Å². The Morgan fingerprint density at radius 2 is 2.00 bits per heavy atom. The van der Waals surface area contributed by atoms with Crippen molar-refractivity contribution < 1.29 is 9.53 Å². The molecule has 0 radical (unpaired) electrons. The summed E-state index contributed by atoms with van der Waals surface area (Å²) in [6.07, 6.45) is 2.78. The number of nitrogens with zero attached hydrogens (tertiary/aromatic N) is 1. The van der Waals surface area contributed by atoms with E-state index < -0.39 is 5.60 Å². The molecule has 0 aromatic heterocycles. The molecule has 1 aliphatic rings. The average molecular weight is 259 g/mol. The lowest BCUT2D eigenvalue weighted by Gasteiger charge is -2.33. The molecule has 0 aliphatic carbocycles. The molecule has 0 amide bonds. The molecular formula is C16H21NO2. The van der Waals surface area contributed by atoms with Crippen LogP contribution in [0.1, 0.15) is 33.3 Å². The normalized spacial score (nSPS) is 16.4. The number of hydrogen-bond acceptors (Lipinski definition) is 3. The van der Waals surface area contributed by atoms with E-state index in [0.29, 0.717) is 11.6 Å². The van der Waals surface area contributed by atoms with Crippen LogP contribution in [0.3, 0.4) is 0 Å². The number of carbonyl (C=O) groups excluding carboxylic acids is 1. The van der Waals surface area contributed by atoms with Gasteiger partial charge in [0, 0.05) is 36.0 Å². The largest absolute Gasteiger partial charge is 0.482 e. The Labute approximate surface area is 114 Å². The van der Waals surface area contributed by atoms with Crippen LogP contribution >= 0.6 is 0 Å². The van der Waals surface area contributed by atoms with Gasteiger partial charge in [-0.2, -0.15) is 0 Å². The second kappa shape index (κ2) is 4.72. The van der Waals surface area contributed by atoms with E-state index in [1.165, 1.54) is 0 Å². The summed E-state index contributed by atoms with van der Waals surface area (Å²) in [5, 5.41) is 0. The minimum absolute atomic E-state index is 0.427. The van der Waals surface area contributed by atoms with E-state index in [2.05, 4.69) is 31.9 Å². The zero-order chi connectivity index (χ0) is 14.2. The number of rotatable bonds is 3. The molecule has 0 N–H and O–H groups in total. The first-order chi connectivity index (χ1) is 8.85. The summed E-state index contributed by atoms with van der Waals surface area (Å²) in [6.45, 7) is 8.12. The lowest BCUT2D eigenvalue weighted by atomic mass is 9.93. The van der Waals surface area contributed by atoms with Gasteiger partial charge in [0.25, 0.3) is 0 Å². The number of benzene rings is 1. The van der Waals surface area contributed by atoms with Crippen LogP contribution in [0.25, 0.3) is 6.08 Å². The molecular weight excluding hydrogens is 238 g/mol. The van der Waals surface area contributed by atoms with Crippen molar-refractivity contribution in [2.45, 2.75) is 39.3 Å². The SMILES string of the molecule is CC(C)N(C)c1ccc2c(c1)OC(C)(C)C(C=O)=C2. The van der Waals surface area contributed by atoms with Crippen LogP contribution < -0.4 is 9.64 Å². The molecule has 0 unspecified atom stereocenters. The van der Waals surface area contributed by atoms with Crippen molar-refractivity contribution in [1.29, 1.82) is 0 Å². The standard InChI is InChI=1S/C16H21NO2/c1-11(2)17(5)14-7-6-12-8-13(10-18)16(3,4)19-15(12)9-14/h6-11H,1-5H3. The van der Waals surface area contributed by atoms with Crippen LogP contribution in [0.15, 0.2) is 23.8 Å². The highest BCUT2D eigenvalue weighted by molar-refractivity contribution is 5.87. The van der Waals surface area contributed by atoms with Crippen LogP contribution in [0.2, 0.25) is 0 Å². The van der Waals surface area contributed by atoms with Gasteiger partial charge in [0.1, 0.15) is 17.6 Å². The molecule has 3 heteroatoms. The number of ether oxygens (including phenoxy) is 1. The van der Waals surface area contributed by atoms with Gasteiger partial charge in [0.15, 0.2) is 0 Å².